The topological polar surface area (TPSA) is 128 Å². The van der Waals surface area contributed by atoms with Gasteiger partial charge in [0.2, 0.25) is 11.8 Å². The maximum Gasteiger partial charge on any atom is 0.337 e. The van der Waals surface area contributed by atoms with Gasteiger partial charge in [-0.05, 0) is 30.3 Å². The molecular weight excluding hydrogens is 394 g/mol. The Morgan fingerprint density at radius 3 is 2.47 bits per heavy atom. The fourth-order valence-electron chi connectivity index (χ4n) is 3.17. The summed E-state index contributed by atoms with van der Waals surface area (Å²) in [4.78, 5) is 48.3. The third kappa shape index (κ3) is 4.22. The molecule has 1 atom stereocenters. The minimum Gasteiger partial charge on any atom is -0.494 e. The first-order valence-electron chi connectivity index (χ1n) is 8.96. The standard InChI is InChI=1S/C20H19N3O7/c1-29-17-10-15(23(27)28)7-8-16(17)22-11-13(9-18(22)24)19(25)21-14-5-3-12(4-6-14)20(26)30-2/h3-8,10,13H,9,11H2,1-2H3,(H,21,25)/t13-/m0/s1. The number of anilines is 2. The fourth-order valence-corrected chi connectivity index (χ4v) is 3.17. The summed E-state index contributed by atoms with van der Waals surface area (Å²) in [5, 5.41) is 13.7. The first kappa shape index (κ1) is 20.8. The summed E-state index contributed by atoms with van der Waals surface area (Å²) in [5.74, 6) is -1.56. The van der Waals surface area contributed by atoms with E-state index in [-0.39, 0.29) is 36.2 Å². The number of carbonyl (C=O) groups excluding carboxylic acids is 3. The molecule has 1 heterocycles. The van der Waals surface area contributed by atoms with Crippen LogP contribution in [-0.4, -0.2) is 43.5 Å². The quantitative estimate of drug-likeness (QED) is 0.437. The highest BCUT2D eigenvalue weighted by molar-refractivity contribution is 6.04. The molecule has 10 nitrogen and oxygen atoms in total. The molecule has 30 heavy (non-hydrogen) atoms. The molecule has 1 fully saturated rings. The van der Waals surface area contributed by atoms with Gasteiger partial charge >= 0.3 is 5.97 Å². The highest BCUT2D eigenvalue weighted by Crippen LogP contribution is 2.36. The predicted octanol–water partition coefficient (Wildman–Crippen LogP) is 2.38. The molecule has 1 aliphatic rings. The summed E-state index contributed by atoms with van der Waals surface area (Å²) in [7, 11) is 2.63. The summed E-state index contributed by atoms with van der Waals surface area (Å²) in [6.07, 6.45) is -0.00772. The highest BCUT2D eigenvalue weighted by atomic mass is 16.6. The van der Waals surface area contributed by atoms with E-state index in [9.17, 15) is 24.5 Å². The zero-order valence-corrected chi connectivity index (χ0v) is 16.3. The number of non-ortho nitro benzene ring substituents is 1. The molecule has 1 aliphatic heterocycles. The first-order chi connectivity index (χ1) is 14.3. The van der Waals surface area contributed by atoms with Crippen LogP contribution in [0, 0.1) is 16.0 Å². The predicted molar refractivity (Wildman–Crippen MR) is 107 cm³/mol. The smallest absolute Gasteiger partial charge is 0.337 e. The summed E-state index contributed by atoms with van der Waals surface area (Å²) in [6, 6.07) is 10.1. The number of hydrogen-bond donors (Lipinski definition) is 1. The van der Waals surface area contributed by atoms with Gasteiger partial charge in [0.25, 0.3) is 5.69 Å². The van der Waals surface area contributed by atoms with E-state index in [4.69, 9.17) is 4.74 Å². The number of nitrogens with zero attached hydrogens (tertiary/aromatic N) is 2. The second-order valence-electron chi connectivity index (χ2n) is 6.58. The molecule has 0 saturated carbocycles. The van der Waals surface area contributed by atoms with Crippen molar-refractivity contribution in [1.82, 2.24) is 0 Å². The van der Waals surface area contributed by atoms with Gasteiger partial charge in [0.1, 0.15) is 5.75 Å². The van der Waals surface area contributed by atoms with Crippen molar-refractivity contribution in [3.05, 3.63) is 58.1 Å². The Kier molecular flexibility index (Phi) is 5.95. The van der Waals surface area contributed by atoms with E-state index < -0.39 is 16.8 Å². The molecule has 0 aliphatic carbocycles. The molecule has 3 rings (SSSR count). The number of benzene rings is 2. The number of hydrogen-bond acceptors (Lipinski definition) is 7. The first-order valence-corrected chi connectivity index (χ1v) is 8.96. The van der Waals surface area contributed by atoms with Crippen molar-refractivity contribution in [2.45, 2.75) is 6.42 Å². The fraction of sp³-hybridized carbons (Fsp3) is 0.250. The van der Waals surface area contributed by atoms with Crippen LogP contribution in [0.15, 0.2) is 42.5 Å². The third-order valence-corrected chi connectivity index (χ3v) is 4.73. The largest absolute Gasteiger partial charge is 0.494 e. The van der Waals surface area contributed by atoms with Crippen LogP contribution in [0.2, 0.25) is 0 Å². The van der Waals surface area contributed by atoms with Gasteiger partial charge in [-0.3, -0.25) is 19.7 Å². The number of nitro groups is 1. The van der Waals surface area contributed by atoms with Gasteiger partial charge in [-0.1, -0.05) is 0 Å². The molecule has 2 amide bonds. The zero-order chi connectivity index (χ0) is 21.8. The van der Waals surface area contributed by atoms with E-state index in [0.717, 1.165) is 0 Å². The highest BCUT2D eigenvalue weighted by Gasteiger charge is 2.36. The van der Waals surface area contributed by atoms with E-state index in [1.165, 1.54) is 49.5 Å². The normalized spacial score (nSPS) is 15.6. The number of amides is 2. The van der Waals surface area contributed by atoms with Gasteiger partial charge in [-0.15, -0.1) is 0 Å². The van der Waals surface area contributed by atoms with Crippen molar-refractivity contribution < 1.29 is 28.8 Å². The van der Waals surface area contributed by atoms with Gasteiger partial charge < -0.3 is 19.7 Å². The lowest BCUT2D eigenvalue weighted by Gasteiger charge is -2.19. The van der Waals surface area contributed by atoms with Gasteiger partial charge in [0, 0.05) is 24.7 Å². The lowest BCUT2D eigenvalue weighted by atomic mass is 10.1. The third-order valence-electron chi connectivity index (χ3n) is 4.73. The molecule has 0 spiro atoms. The Bertz CT molecular complexity index is 1000. The molecular formula is C20H19N3O7. The number of rotatable bonds is 6. The SMILES string of the molecule is COC(=O)c1ccc(NC(=O)[C@H]2CC(=O)N(c3ccc([N+](=O)[O-])cc3OC)C2)cc1. The minimum atomic E-state index is -0.613. The van der Waals surface area contributed by atoms with Gasteiger partial charge in [0.05, 0.1) is 42.4 Å². The molecule has 0 radical (unpaired) electrons. The van der Waals surface area contributed by atoms with Crippen molar-refractivity contribution in [3.63, 3.8) is 0 Å². The van der Waals surface area contributed by atoms with E-state index in [2.05, 4.69) is 10.1 Å². The Hall–Kier alpha value is -3.95. The minimum absolute atomic E-state index is 0.00772. The van der Waals surface area contributed by atoms with Crippen LogP contribution >= 0.6 is 0 Å². The lowest BCUT2D eigenvalue weighted by Crippen LogP contribution is -2.28. The van der Waals surface area contributed by atoms with Gasteiger partial charge in [-0.25, -0.2) is 4.79 Å². The summed E-state index contributed by atoms with van der Waals surface area (Å²) < 4.78 is 9.82. The Morgan fingerprint density at radius 2 is 1.87 bits per heavy atom. The monoisotopic (exact) mass is 413 g/mol. The molecule has 1 N–H and O–H groups in total. The average molecular weight is 413 g/mol. The molecule has 2 aromatic carbocycles. The van der Waals surface area contributed by atoms with Crippen LogP contribution in [0.1, 0.15) is 16.8 Å². The second-order valence-corrected chi connectivity index (χ2v) is 6.58. The van der Waals surface area contributed by atoms with Crippen molar-refractivity contribution in [2.24, 2.45) is 5.92 Å². The Labute approximate surface area is 171 Å². The summed E-state index contributed by atoms with van der Waals surface area (Å²) in [6.45, 7) is 0.110. The van der Waals surface area contributed by atoms with Crippen molar-refractivity contribution in [2.75, 3.05) is 31.0 Å². The number of ether oxygens (including phenoxy) is 2. The van der Waals surface area contributed by atoms with Crippen LogP contribution in [0.3, 0.4) is 0 Å². The molecule has 0 aromatic heterocycles. The molecule has 156 valence electrons. The van der Waals surface area contributed by atoms with E-state index in [1.54, 1.807) is 12.1 Å². The van der Waals surface area contributed by atoms with E-state index >= 15 is 0 Å². The maximum atomic E-state index is 12.6. The van der Waals surface area contributed by atoms with E-state index in [1.807, 2.05) is 0 Å². The average Bonchev–Trinajstić information content (AvgIpc) is 3.14. The molecule has 0 unspecified atom stereocenters. The Balaban J connectivity index is 1.71. The second kappa shape index (κ2) is 8.60. The van der Waals surface area contributed by atoms with Crippen LogP contribution < -0.4 is 15.0 Å². The van der Waals surface area contributed by atoms with Crippen LogP contribution in [-0.2, 0) is 14.3 Å². The van der Waals surface area contributed by atoms with Gasteiger partial charge in [0.15, 0.2) is 0 Å². The number of methoxy groups -OCH3 is 2. The summed E-state index contributed by atoms with van der Waals surface area (Å²) in [5.41, 5.74) is 1.03. The van der Waals surface area contributed by atoms with Crippen molar-refractivity contribution in [1.29, 1.82) is 0 Å². The van der Waals surface area contributed by atoms with Crippen LogP contribution in [0.25, 0.3) is 0 Å². The maximum absolute atomic E-state index is 12.6. The molecule has 0 bridgehead atoms. The molecule has 1 saturated heterocycles. The van der Waals surface area contributed by atoms with Crippen LogP contribution in [0.5, 0.6) is 5.75 Å². The Morgan fingerprint density at radius 1 is 1.17 bits per heavy atom. The van der Waals surface area contributed by atoms with Crippen LogP contribution in [0.4, 0.5) is 17.1 Å². The van der Waals surface area contributed by atoms with Crippen molar-refractivity contribution >= 4 is 34.8 Å². The number of nitrogens with one attached hydrogen (secondary N) is 1. The lowest BCUT2D eigenvalue weighted by molar-refractivity contribution is -0.384. The zero-order valence-electron chi connectivity index (χ0n) is 16.3. The number of carbonyl (C=O) groups is 3. The van der Waals surface area contributed by atoms with E-state index in [0.29, 0.717) is 16.9 Å². The number of esters is 1. The molecule has 10 heteroatoms. The summed E-state index contributed by atoms with van der Waals surface area (Å²) >= 11 is 0. The van der Waals surface area contributed by atoms with Gasteiger partial charge in [-0.2, -0.15) is 0 Å². The van der Waals surface area contributed by atoms with Crippen molar-refractivity contribution in [3.8, 4) is 5.75 Å². The number of nitro benzene ring substituents is 1. The molecule has 2 aromatic rings.